The predicted octanol–water partition coefficient (Wildman–Crippen LogP) is 1.73. The van der Waals surface area contributed by atoms with Gasteiger partial charge in [-0.25, -0.2) is 0 Å². The fraction of sp³-hybridized carbons (Fsp3) is 1.00. The lowest BCUT2D eigenvalue weighted by molar-refractivity contribution is 0.0868. The Balaban J connectivity index is 1.85. The lowest BCUT2D eigenvalue weighted by Gasteiger charge is -2.16. The summed E-state index contributed by atoms with van der Waals surface area (Å²) in [5, 5.41) is 3.43. The number of rotatable bonds is 9. The zero-order chi connectivity index (χ0) is 11.6. The van der Waals surface area contributed by atoms with Gasteiger partial charge in [-0.1, -0.05) is 13.8 Å². The standard InChI is InChI=1S/C13H28N2O/c1-3-6-14-11-13(2)12-16-10-9-15-7-4-5-8-15/h13-14H,3-12H2,1-2H3. The molecule has 0 aromatic rings. The molecule has 0 spiro atoms. The molecule has 0 saturated carbocycles. The van der Waals surface area contributed by atoms with Crippen LogP contribution in [0.2, 0.25) is 0 Å². The van der Waals surface area contributed by atoms with Gasteiger partial charge in [-0.2, -0.15) is 0 Å². The van der Waals surface area contributed by atoms with E-state index >= 15 is 0 Å². The first-order valence-electron chi connectivity index (χ1n) is 6.83. The van der Waals surface area contributed by atoms with Crippen molar-refractivity contribution in [3.8, 4) is 0 Å². The Labute approximate surface area is 101 Å². The largest absolute Gasteiger partial charge is 0.380 e. The van der Waals surface area contributed by atoms with E-state index in [1.807, 2.05) is 0 Å². The Morgan fingerprint density at radius 1 is 1.31 bits per heavy atom. The maximum atomic E-state index is 5.71. The molecule has 1 N–H and O–H groups in total. The summed E-state index contributed by atoms with van der Waals surface area (Å²) in [5.74, 6) is 0.630. The SMILES string of the molecule is CCCNCC(C)COCCN1CCCC1. The maximum Gasteiger partial charge on any atom is 0.0593 e. The molecule has 3 heteroatoms. The Morgan fingerprint density at radius 2 is 2.06 bits per heavy atom. The van der Waals surface area contributed by atoms with Crippen molar-refractivity contribution in [3.05, 3.63) is 0 Å². The lowest BCUT2D eigenvalue weighted by Crippen LogP contribution is -2.27. The summed E-state index contributed by atoms with van der Waals surface area (Å²) >= 11 is 0. The van der Waals surface area contributed by atoms with Crippen molar-refractivity contribution < 1.29 is 4.74 Å². The molecule has 1 atom stereocenters. The number of likely N-dealkylation sites (tertiary alicyclic amines) is 1. The molecule has 1 aliphatic rings. The van der Waals surface area contributed by atoms with Gasteiger partial charge in [0.05, 0.1) is 13.2 Å². The van der Waals surface area contributed by atoms with E-state index in [0.29, 0.717) is 5.92 Å². The second-order valence-corrected chi connectivity index (χ2v) is 4.93. The summed E-state index contributed by atoms with van der Waals surface area (Å²) in [6.07, 6.45) is 3.96. The third-order valence-corrected chi connectivity index (χ3v) is 3.07. The van der Waals surface area contributed by atoms with Crippen LogP contribution in [0, 0.1) is 5.92 Å². The number of nitrogens with one attached hydrogen (secondary N) is 1. The molecule has 0 radical (unpaired) electrons. The molecule has 0 bridgehead atoms. The quantitative estimate of drug-likeness (QED) is 0.608. The molecule has 3 nitrogen and oxygen atoms in total. The van der Waals surface area contributed by atoms with Gasteiger partial charge in [-0.05, 0) is 51.4 Å². The van der Waals surface area contributed by atoms with Gasteiger partial charge in [0, 0.05) is 6.54 Å². The van der Waals surface area contributed by atoms with Crippen molar-refractivity contribution in [2.24, 2.45) is 5.92 Å². The zero-order valence-electron chi connectivity index (χ0n) is 11.0. The Hall–Kier alpha value is -0.120. The second-order valence-electron chi connectivity index (χ2n) is 4.93. The number of hydrogen-bond acceptors (Lipinski definition) is 3. The van der Waals surface area contributed by atoms with Crippen LogP contribution in [0.15, 0.2) is 0 Å². The average molecular weight is 228 g/mol. The number of hydrogen-bond donors (Lipinski definition) is 1. The maximum absolute atomic E-state index is 5.71. The molecule has 1 unspecified atom stereocenters. The fourth-order valence-corrected chi connectivity index (χ4v) is 2.07. The number of nitrogens with zero attached hydrogens (tertiary/aromatic N) is 1. The highest BCUT2D eigenvalue weighted by molar-refractivity contribution is 4.65. The van der Waals surface area contributed by atoms with E-state index in [1.54, 1.807) is 0 Å². The highest BCUT2D eigenvalue weighted by atomic mass is 16.5. The average Bonchev–Trinajstić information content (AvgIpc) is 2.78. The Kier molecular flexibility index (Phi) is 7.81. The van der Waals surface area contributed by atoms with Crippen LogP contribution in [-0.2, 0) is 4.74 Å². The monoisotopic (exact) mass is 228 g/mol. The molecular formula is C13H28N2O. The molecule has 1 aliphatic heterocycles. The second kappa shape index (κ2) is 8.97. The predicted molar refractivity (Wildman–Crippen MR) is 68.8 cm³/mol. The van der Waals surface area contributed by atoms with E-state index in [-0.39, 0.29) is 0 Å². The summed E-state index contributed by atoms with van der Waals surface area (Å²) in [5.41, 5.74) is 0. The highest BCUT2D eigenvalue weighted by Gasteiger charge is 2.10. The van der Waals surface area contributed by atoms with Gasteiger partial charge >= 0.3 is 0 Å². The van der Waals surface area contributed by atoms with E-state index in [2.05, 4.69) is 24.1 Å². The first kappa shape index (κ1) is 13.9. The van der Waals surface area contributed by atoms with Crippen LogP contribution in [0.1, 0.15) is 33.1 Å². The molecular weight excluding hydrogens is 200 g/mol. The third kappa shape index (κ3) is 6.46. The van der Waals surface area contributed by atoms with E-state index in [0.717, 1.165) is 32.8 Å². The molecule has 1 fully saturated rings. The highest BCUT2D eigenvalue weighted by Crippen LogP contribution is 2.06. The molecule has 1 saturated heterocycles. The first-order chi connectivity index (χ1) is 7.83. The van der Waals surface area contributed by atoms with E-state index in [9.17, 15) is 0 Å². The van der Waals surface area contributed by atoms with Crippen LogP contribution in [0.25, 0.3) is 0 Å². The van der Waals surface area contributed by atoms with Crippen molar-refractivity contribution in [2.45, 2.75) is 33.1 Å². The van der Waals surface area contributed by atoms with Crippen LogP contribution in [-0.4, -0.2) is 50.8 Å². The van der Waals surface area contributed by atoms with Crippen LogP contribution in [0.3, 0.4) is 0 Å². The lowest BCUT2D eigenvalue weighted by atomic mass is 10.2. The summed E-state index contributed by atoms with van der Waals surface area (Å²) < 4.78 is 5.71. The summed E-state index contributed by atoms with van der Waals surface area (Å²) in [4.78, 5) is 2.50. The Morgan fingerprint density at radius 3 is 2.75 bits per heavy atom. The van der Waals surface area contributed by atoms with Gasteiger partial charge < -0.3 is 15.0 Å². The van der Waals surface area contributed by atoms with Gasteiger partial charge in [0.2, 0.25) is 0 Å². The minimum Gasteiger partial charge on any atom is -0.380 e. The van der Waals surface area contributed by atoms with Crippen molar-refractivity contribution in [1.29, 1.82) is 0 Å². The molecule has 0 aromatic heterocycles. The fourth-order valence-electron chi connectivity index (χ4n) is 2.07. The van der Waals surface area contributed by atoms with Crippen LogP contribution in [0.5, 0.6) is 0 Å². The molecule has 16 heavy (non-hydrogen) atoms. The molecule has 0 aromatic carbocycles. The van der Waals surface area contributed by atoms with Crippen LogP contribution in [0.4, 0.5) is 0 Å². The van der Waals surface area contributed by atoms with Crippen LogP contribution < -0.4 is 5.32 Å². The van der Waals surface area contributed by atoms with E-state index in [1.165, 1.54) is 32.4 Å². The van der Waals surface area contributed by atoms with Crippen molar-refractivity contribution >= 4 is 0 Å². The van der Waals surface area contributed by atoms with E-state index in [4.69, 9.17) is 4.74 Å². The van der Waals surface area contributed by atoms with Gasteiger partial charge in [0.1, 0.15) is 0 Å². The zero-order valence-corrected chi connectivity index (χ0v) is 11.0. The number of ether oxygens (including phenoxy) is 1. The van der Waals surface area contributed by atoms with Crippen molar-refractivity contribution in [1.82, 2.24) is 10.2 Å². The smallest absolute Gasteiger partial charge is 0.0593 e. The first-order valence-corrected chi connectivity index (χ1v) is 6.83. The van der Waals surface area contributed by atoms with Crippen molar-refractivity contribution in [2.75, 3.05) is 45.9 Å². The summed E-state index contributed by atoms with van der Waals surface area (Å²) in [7, 11) is 0. The topological polar surface area (TPSA) is 24.5 Å². The molecule has 0 amide bonds. The molecule has 1 rings (SSSR count). The third-order valence-electron chi connectivity index (χ3n) is 3.07. The summed E-state index contributed by atoms with van der Waals surface area (Å²) in [6.45, 7) is 12.1. The normalized spacial score (nSPS) is 19.1. The van der Waals surface area contributed by atoms with Gasteiger partial charge in [0.15, 0.2) is 0 Å². The summed E-state index contributed by atoms with van der Waals surface area (Å²) in [6, 6.07) is 0. The van der Waals surface area contributed by atoms with Gasteiger partial charge in [-0.3, -0.25) is 0 Å². The minimum atomic E-state index is 0.630. The van der Waals surface area contributed by atoms with E-state index < -0.39 is 0 Å². The molecule has 0 aliphatic carbocycles. The molecule has 96 valence electrons. The minimum absolute atomic E-state index is 0.630. The van der Waals surface area contributed by atoms with Crippen LogP contribution >= 0.6 is 0 Å². The molecule has 1 heterocycles. The van der Waals surface area contributed by atoms with Gasteiger partial charge in [0.25, 0.3) is 0 Å². The van der Waals surface area contributed by atoms with Gasteiger partial charge in [-0.15, -0.1) is 0 Å². The van der Waals surface area contributed by atoms with Crippen molar-refractivity contribution in [3.63, 3.8) is 0 Å². The Bertz CT molecular complexity index is 158.